The highest BCUT2D eigenvalue weighted by Crippen LogP contribution is 2.27. The first-order chi connectivity index (χ1) is 10.6. The highest BCUT2D eigenvalue weighted by molar-refractivity contribution is 5.47. The number of hydrogen-bond acceptors (Lipinski definition) is 3. The Morgan fingerprint density at radius 3 is 2.59 bits per heavy atom. The van der Waals surface area contributed by atoms with Gasteiger partial charge >= 0.3 is 0 Å². The summed E-state index contributed by atoms with van der Waals surface area (Å²) in [7, 11) is 2.21. The summed E-state index contributed by atoms with van der Waals surface area (Å²) < 4.78 is 0. The molecule has 0 aliphatic carbocycles. The summed E-state index contributed by atoms with van der Waals surface area (Å²) in [6.45, 7) is 6.36. The van der Waals surface area contributed by atoms with Gasteiger partial charge in [-0.15, -0.1) is 0 Å². The predicted molar refractivity (Wildman–Crippen MR) is 92.7 cm³/mol. The van der Waals surface area contributed by atoms with E-state index < -0.39 is 0 Å². The van der Waals surface area contributed by atoms with Crippen LogP contribution in [0.3, 0.4) is 0 Å². The molecule has 1 fully saturated rings. The van der Waals surface area contributed by atoms with Gasteiger partial charge in [-0.1, -0.05) is 42.5 Å². The monoisotopic (exact) mass is 295 g/mol. The molecule has 2 N–H and O–H groups in total. The Kier molecular flexibility index (Phi) is 4.46. The molecule has 1 heterocycles. The van der Waals surface area contributed by atoms with E-state index >= 15 is 0 Å². The van der Waals surface area contributed by atoms with E-state index in [-0.39, 0.29) is 0 Å². The topological polar surface area (TPSA) is 32.5 Å². The molecule has 22 heavy (non-hydrogen) atoms. The van der Waals surface area contributed by atoms with Crippen molar-refractivity contribution in [1.29, 1.82) is 0 Å². The highest BCUT2D eigenvalue weighted by atomic mass is 15.3. The van der Waals surface area contributed by atoms with Crippen LogP contribution in [-0.2, 0) is 6.54 Å². The number of anilines is 1. The van der Waals surface area contributed by atoms with Gasteiger partial charge in [0.25, 0.3) is 0 Å². The van der Waals surface area contributed by atoms with E-state index in [1.54, 1.807) is 0 Å². The van der Waals surface area contributed by atoms with Crippen LogP contribution in [0.2, 0.25) is 0 Å². The van der Waals surface area contributed by atoms with Crippen molar-refractivity contribution in [2.75, 3.05) is 32.4 Å². The predicted octanol–water partition coefficient (Wildman–Crippen LogP) is 3.07. The molecule has 2 aromatic rings. The molecule has 0 spiro atoms. The third kappa shape index (κ3) is 3.32. The Bertz CT molecular complexity index is 624. The molecule has 1 saturated heterocycles. The second-order valence-electron chi connectivity index (χ2n) is 6.35. The number of likely N-dealkylation sites (N-methyl/N-ethyl adjacent to an activating group) is 1. The SMILES string of the molecule is Cc1cc(CN2CCN(C)CC2c2ccccc2)ccc1N. The summed E-state index contributed by atoms with van der Waals surface area (Å²) in [4.78, 5) is 5.00. The van der Waals surface area contributed by atoms with E-state index in [0.717, 1.165) is 31.9 Å². The van der Waals surface area contributed by atoms with Gasteiger partial charge in [0.05, 0.1) is 0 Å². The first-order valence-electron chi connectivity index (χ1n) is 7.96. The number of rotatable bonds is 3. The van der Waals surface area contributed by atoms with E-state index in [2.05, 4.69) is 66.2 Å². The second-order valence-corrected chi connectivity index (χ2v) is 6.35. The minimum absolute atomic E-state index is 0.456. The zero-order chi connectivity index (χ0) is 15.5. The molecular formula is C19H25N3. The van der Waals surface area contributed by atoms with Gasteiger partial charge in [-0.05, 0) is 36.7 Å². The maximum absolute atomic E-state index is 5.94. The Balaban J connectivity index is 1.82. The molecule has 1 unspecified atom stereocenters. The van der Waals surface area contributed by atoms with Crippen LogP contribution in [0.5, 0.6) is 0 Å². The fourth-order valence-electron chi connectivity index (χ4n) is 3.21. The summed E-state index contributed by atoms with van der Waals surface area (Å²) >= 11 is 0. The van der Waals surface area contributed by atoms with Gasteiger partial charge in [-0.25, -0.2) is 0 Å². The fourth-order valence-corrected chi connectivity index (χ4v) is 3.21. The van der Waals surface area contributed by atoms with Gasteiger partial charge in [0, 0.05) is 37.9 Å². The third-order valence-electron chi connectivity index (χ3n) is 4.60. The van der Waals surface area contributed by atoms with Crippen molar-refractivity contribution in [3.05, 3.63) is 65.2 Å². The zero-order valence-corrected chi connectivity index (χ0v) is 13.5. The molecule has 0 saturated carbocycles. The first-order valence-corrected chi connectivity index (χ1v) is 7.96. The number of aryl methyl sites for hydroxylation is 1. The van der Waals surface area contributed by atoms with E-state index in [0.29, 0.717) is 6.04 Å². The van der Waals surface area contributed by atoms with Crippen molar-refractivity contribution < 1.29 is 0 Å². The van der Waals surface area contributed by atoms with Crippen LogP contribution in [0.4, 0.5) is 5.69 Å². The minimum atomic E-state index is 0.456. The standard InChI is InChI=1S/C19H25N3/c1-15-12-16(8-9-18(15)20)13-22-11-10-21(2)14-19(22)17-6-4-3-5-7-17/h3-9,12,19H,10-11,13-14,20H2,1-2H3. The van der Waals surface area contributed by atoms with Gasteiger partial charge in [0.15, 0.2) is 0 Å². The first kappa shape index (κ1) is 15.1. The number of benzene rings is 2. The quantitative estimate of drug-likeness (QED) is 0.883. The lowest BCUT2D eigenvalue weighted by atomic mass is 10.0. The molecule has 0 bridgehead atoms. The van der Waals surface area contributed by atoms with Gasteiger partial charge in [0.2, 0.25) is 0 Å². The van der Waals surface area contributed by atoms with E-state index in [1.807, 2.05) is 6.07 Å². The molecule has 1 aliphatic heterocycles. The van der Waals surface area contributed by atoms with Crippen LogP contribution in [0.25, 0.3) is 0 Å². The Morgan fingerprint density at radius 1 is 1.09 bits per heavy atom. The Hall–Kier alpha value is -1.84. The zero-order valence-electron chi connectivity index (χ0n) is 13.5. The lowest BCUT2D eigenvalue weighted by molar-refractivity contribution is 0.0834. The minimum Gasteiger partial charge on any atom is -0.399 e. The molecule has 0 amide bonds. The van der Waals surface area contributed by atoms with E-state index in [4.69, 9.17) is 5.73 Å². The van der Waals surface area contributed by atoms with E-state index in [9.17, 15) is 0 Å². The molecule has 0 radical (unpaired) electrons. The average molecular weight is 295 g/mol. The van der Waals surface area contributed by atoms with Gasteiger partial charge in [-0.2, -0.15) is 0 Å². The smallest absolute Gasteiger partial charge is 0.0479 e. The molecule has 0 aromatic heterocycles. The van der Waals surface area contributed by atoms with Crippen molar-refractivity contribution in [2.45, 2.75) is 19.5 Å². The lowest BCUT2D eigenvalue weighted by Gasteiger charge is -2.40. The van der Waals surface area contributed by atoms with Gasteiger partial charge in [-0.3, -0.25) is 4.90 Å². The molecule has 3 nitrogen and oxygen atoms in total. The highest BCUT2D eigenvalue weighted by Gasteiger charge is 2.26. The summed E-state index contributed by atoms with van der Waals surface area (Å²) in [5, 5.41) is 0. The Morgan fingerprint density at radius 2 is 1.86 bits per heavy atom. The number of piperazine rings is 1. The van der Waals surface area contributed by atoms with Crippen molar-refractivity contribution in [2.24, 2.45) is 0 Å². The third-order valence-corrected chi connectivity index (χ3v) is 4.60. The maximum Gasteiger partial charge on any atom is 0.0479 e. The van der Waals surface area contributed by atoms with Crippen LogP contribution in [0.1, 0.15) is 22.7 Å². The van der Waals surface area contributed by atoms with Crippen molar-refractivity contribution in [3.8, 4) is 0 Å². The molecule has 3 rings (SSSR count). The number of nitrogens with zero attached hydrogens (tertiary/aromatic N) is 2. The van der Waals surface area contributed by atoms with Crippen LogP contribution in [0, 0.1) is 6.92 Å². The van der Waals surface area contributed by atoms with Gasteiger partial charge < -0.3 is 10.6 Å². The average Bonchev–Trinajstić information content (AvgIpc) is 2.53. The summed E-state index contributed by atoms with van der Waals surface area (Å²) in [5.74, 6) is 0. The van der Waals surface area contributed by atoms with Crippen molar-refractivity contribution >= 4 is 5.69 Å². The number of nitrogens with two attached hydrogens (primary N) is 1. The Labute approximate surface area is 133 Å². The second kappa shape index (κ2) is 6.51. The summed E-state index contributed by atoms with van der Waals surface area (Å²) in [5.41, 5.74) is 10.7. The molecular weight excluding hydrogens is 270 g/mol. The summed E-state index contributed by atoms with van der Waals surface area (Å²) in [6.07, 6.45) is 0. The molecule has 3 heteroatoms. The van der Waals surface area contributed by atoms with E-state index in [1.165, 1.54) is 16.7 Å². The number of hydrogen-bond donors (Lipinski definition) is 1. The molecule has 1 atom stereocenters. The van der Waals surface area contributed by atoms with Crippen molar-refractivity contribution in [1.82, 2.24) is 9.80 Å². The molecule has 1 aliphatic rings. The van der Waals surface area contributed by atoms with Crippen LogP contribution in [0.15, 0.2) is 48.5 Å². The van der Waals surface area contributed by atoms with Crippen molar-refractivity contribution in [3.63, 3.8) is 0 Å². The summed E-state index contributed by atoms with van der Waals surface area (Å²) in [6, 6.07) is 17.7. The maximum atomic E-state index is 5.94. The molecule has 2 aromatic carbocycles. The van der Waals surface area contributed by atoms with Crippen LogP contribution < -0.4 is 5.73 Å². The van der Waals surface area contributed by atoms with Crippen LogP contribution in [-0.4, -0.2) is 36.5 Å². The normalized spacial score (nSPS) is 20.2. The molecule has 116 valence electrons. The largest absolute Gasteiger partial charge is 0.399 e. The lowest BCUT2D eigenvalue weighted by Crippen LogP contribution is -2.46. The van der Waals surface area contributed by atoms with Crippen LogP contribution >= 0.6 is 0 Å². The fraction of sp³-hybridized carbons (Fsp3) is 0.368. The van der Waals surface area contributed by atoms with Gasteiger partial charge in [0.1, 0.15) is 0 Å². The number of nitrogen functional groups attached to an aromatic ring is 1.